The number of rotatable bonds is 2. The molecule has 0 amide bonds. The van der Waals surface area contributed by atoms with Gasteiger partial charge in [-0.25, -0.2) is 4.39 Å². The van der Waals surface area contributed by atoms with Crippen molar-refractivity contribution in [1.82, 2.24) is 0 Å². The van der Waals surface area contributed by atoms with E-state index < -0.39 is 0 Å². The number of halogens is 1. The van der Waals surface area contributed by atoms with Gasteiger partial charge in [0.25, 0.3) is 0 Å². The van der Waals surface area contributed by atoms with Gasteiger partial charge in [0.05, 0.1) is 0 Å². The van der Waals surface area contributed by atoms with Gasteiger partial charge in [0.1, 0.15) is 5.82 Å². The quantitative estimate of drug-likeness (QED) is 0.754. The van der Waals surface area contributed by atoms with E-state index in [1.165, 1.54) is 17.7 Å². The van der Waals surface area contributed by atoms with Crippen LogP contribution in [0.1, 0.15) is 5.56 Å². The fraction of sp³-hybridized carbons (Fsp3) is 0.0769. The molecule has 3 heteroatoms. The molecule has 0 spiro atoms. The van der Waals surface area contributed by atoms with E-state index in [0.29, 0.717) is 11.4 Å². The van der Waals surface area contributed by atoms with Crippen molar-refractivity contribution in [2.75, 3.05) is 11.1 Å². The van der Waals surface area contributed by atoms with E-state index in [0.717, 1.165) is 5.69 Å². The molecule has 0 heterocycles. The average Bonchev–Trinajstić information content (AvgIpc) is 2.20. The molecule has 3 N–H and O–H groups in total. The number of aryl methyl sites for hydroxylation is 1. The fourth-order valence-electron chi connectivity index (χ4n) is 1.49. The van der Waals surface area contributed by atoms with Crippen molar-refractivity contribution in [3.05, 3.63) is 53.8 Å². The van der Waals surface area contributed by atoms with Crippen LogP contribution in [-0.2, 0) is 0 Å². The maximum atomic E-state index is 13.1. The van der Waals surface area contributed by atoms with Crippen LogP contribution in [0.15, 0.2) is 42.5 Å². The van der Waals surface area contributed by atoms with Gasteiger partial charge < -0.3 is 11.1 Å². The molecule has 0 bridgehead atoms. The zero-order chi connectivity index (χ0) is 11.5. The smallest absolute Gasteiger partial charge is 0.127 e. The van der Waals surface area contributed by atoms with Crippen LogP contribution in [0.4, 0.5) is 21.5 Å². The standard InChI is InChI=1S/C13H13FN2/c1-9-2-4-12(5-3-9)16-13-7-10(14)6-11(15)8-13/h2-8,16H,15H2,1H3. The Hall–Kier alpha value is -2.03. The number of nitrogen functional groups attached to an aromatic ring is 1. The Morgan fingerprint density at radius 2 is 1.69 bits per heavy atom. The minimum atomic E-state index is -0.338. The van der Waals surface area contributed by atoms with E-state index in [9.17, 15) is 4.39 Å². The minimum Gasteiger partial charge on any atom is -0.399 e. The van der Waals surface area contributed by atoms with Crippen molar-refractivity contribution in [3.8, 4) is 0 Å². The van der Waals surface area contributed by atoms with E-state index >= 15 is 0 Å². The van der Waals surface area contributed by atoms with E-state index in [2.05, 4.69) is 5.32 Å². The Bertz CT molecular complexity index is 472. The summed E-state index contributed by atoms with van der Waals surface area (Å²) in [6.45, 7) is 2.02. The molecule has 0 unspecified atom stereocenters. The molecular formula is C13H13FN2. The summed E-state index contributed by atoms with van der Waals surface area (Å²) in [6, 6.07) is 12.3. The van der Waals surface area contributed by atoms with Crippen LogP contribution in [0.25, 0.3) is 0 Å². The van der Waals surface area contributed by atoms with Crippen molar-refractivity contribution in [3.63, 3.8) is 0 Å². The van der Waals surface area contributed by atoms with E-state index in [1.54, 1.807) is 6.07 Å². The summed E-state index contributed by atoms with van der Waals surface area (Å²) in [4.78, 5) is 0. The van der Waals surface area contributed by atoms with Gasteiger partial charge in [-0.2, -0.15) is 0 Å². The molecule has 2 nitrogen and oxygen atoms in total. The monoisotopic (exact) mass is 216 g/mol. The molecule has 0 aromatic heterocycles. The van der Waals surface area contributed by atoms with Crippen LogP contribution in [0.2, 0.25) is 0 Å². The summed E-state index contributed by atoms with van der Waals surface area (Å²) in [5.74, 6) is -0.338. The maximum Gasteiger partial charge on any atom is 0.127 e. The largest absolute Gasteiger partial charge is 0.399 e. The van der Waals surface area contributed by atoms with Gasteiger partial charge in [-0.15, -0.1) is 0 Å². The summed E-state index contributed by atoms with van der Waals surface area (Å²) in [5, 5.41) is 3.09. The molecule has 0 atom stereocenters. The molecule has 2 aromatic rings. The van der Waals surface area contributed by atoms with Gasteiger partial charge in [0, 0.05) is 17.1 Å². The third kappa shape index (κ3) is 2.51. The molecule has 0 saturated carbocycles. The lowest BCUT2D eigenvalue weighted by molar-refractivity contribution is 0.629. The van der Waals surface area contributed by atoms with Crippen molar-refractivity contribution in [2.24, 2.45) is 0 Å². The first-order valence-electron chi connectivity index (χ1n) is 5.03. The Balaban J connectivity index is 2.23. The molecule has 0 aliphatic carbocycles. The van der Waals surface area contributed by atoms with Crippen molar-refractivity contribution >= 4 is 17.1 Å². The van der Waals surface area contributed by atoms with Crippen molar-refractivity contribution in [1.29, 1.82) is 0 Å². The molecule has 82 valence electrons. The number of nitrogens with two attached hydrogens (primary N) is 1. The number of anilines is 3. The van der Waals surface area contributed by atoms with Crippen LogP contribution in [-0.4, -0.2) is 0 Å². The van der Waals surface area contributed by atoms with Gasteiger partial charge in [0.15, 0.2) is 0 Å². The van der Waals surface area contributed by atoms with Crippen molar-refractivity contribution < 1.29 is 4.39 Å². The second kappa shape index (κ2) is 4.23. The van der Waals surface area contributed by atoms with E-state index in [-0.39, 0.29) is 5.82 Å². The van der Waals surface area contributed by atoms with Crippen LogP contribution in [0.5, 0.6) is 0 Å². The molecular weight excluding hydrogens is 203 g/mol. The van der Waals surface area contributed by atoms with Crippen LogP contribution in [0.3, 0.4) is 0 Å². The number of benzene rings is 2. The first-order valence-corrected chi connectivity index (χ1v) is 5.03. The number of hydrogen-bond donors (Lipinski definition) is 2. The molecule has 0 aliphatic heterocycles. The maximum absolute atomic E-state index is 13.1. The minimum absolute atomic E-state index is 0.338. The highest BCUT2D eigenvalue weighted by Crippen LogP contribution is 2.20. The first-order chi connectivity index (χ1) is 7.63. The van der Waals surface area contributed by atoms with Gasteiger partial charge >= 0.3 is 0 Å². The summed E-state index contributed by atoms with van der Waals surface area (Å²) in [6.07, 6.45) is 0. The Morgan fingerprint density at radius 1 is 1.00 bits per heavy atom. The summed E-state index contributed by atoms with van der Waals surface area (Å²) < 4.78 is 13.1. The topological polar surface area (TPSA) is 38.0 Å². The lowest BCUT2D eigenvalue weighted by Gasteiger charge is -2.07. The number of hydrogen-bond acceptors (Lipinski definition) is 2. The van der Waals surface area contributed by atoms with Gasteiger partial charge in [-0.05, 0) is 37.3 Å². The highest BCUT2D eigenvalue weighted by Gasteiger charge is 1.99. The van der Waals surface area contributed by atoms with Crippen molar-refractivity contribution in [2.45, 2.75) is 6.92 Å². The Kier molecular flexibility index (Phi) is 2.77. The lowest BCUT2D eigenvalue weighted by atomic mass is 10.2. The average molecular weight is 216 g/mol. The summed E-state index contributed by atoms with van der Waals surface area (Å²) >= 11 is 0. The third-order valence-corrected chi connectivity index (χ3v) is 2.26. The molecule has 0 aliphatic rings. The van der Waals surface area contributed by atoms with E-state index in [4.69, 9.17) is 5.73 Å². The second-order valence-corrected chi connectivity index (χ2v) is 3.76. The van der Waals surface area contributed by atoms with Crippen LogP contribution < -0.4 is 11.1 Å². The summed E-state index contributed by atoms with van der Waals surface area (Å²) in [5.41, 5.74) is 8.72. The molecule has 0 fully saturated rings. The molecule has 16 heavy (non-hydrogen) atoms. The molecule has 2 aromatic carbocycles. The van der Waals surface area contributed by atoms with Gasteiger partial charge in [-0.1, -0.05) is 17.7 Å². The molecule has 0 saturated heterocycles. The predicted molar refractivity (Wildman–Crippen MR) is 65.3 cm³/mol. The highest BCUT2D eigenvalue weighted by molar-refractivity contribution is 5.63. The Morgan fingerprint density at radius 3 is 2.31 bits per heavy atom. The zero-order valence-corrected chi connectivity index (χ0v) is 9.00. The predicted octanol–water partition coefficient (Wildman–Crippen LogP) is 3.46. The summed E-state index contributed by atoms with van der Waals surface area (Å²) in [7, 11) is 0. The van der Waals surface area contributed by atoms with Crippen LogP contribution in [0, 0.1) is 12.7 Å². The SMILES string of the molecule is Cc1ccc(Nc2cc(N)cc(F)c2)cc1. The fourth-order valence-corrected chi connectivity index (χ4v) is 1.49. The zero-order valence-electron chi connectivity index (χ0n) is 9.00. The molecule has 2 rings (SSSR count). The lowest BCUT2D eigenvalue weighted by Crippen LogP contribution is -1.93. The van der Waals surface area contributed by atoms with Gasteiger partial charge in [0.2, 0.25) is 0 Å². The molecule has 0 radical (unpaired) electrons. The number of nitrogens with one attached hydrogen (secondary N) is 1. The first kappa shape index (κ1) is 10.5. The third-order valence-electron chi connectivity index (χ3n) is 2.26. The Labute approximate surface area is 93.9 Å². The van der Waals surface area contributed by atoms with E-state index in [1.807, 2.05) is 31.2 Å². The van der Waals surface area contributed by atoms with Crippen LogP contribution >= 0.6 is 0 Å². The van der Waals surface area contributed by atoms with Gasteiger partial charge in [-0.3, -0.25) is 0 Å². The highest BCUT2D eigenvalue weighted by atomic mass is 19.1. The second-order valence-electron chi connectivity index (χ2n) is 3.76. The normalized spacial score (nSPS) is 10.1.